The third-order valence-corrected chi connectivity index (χ3v) is 5.09. The number of rotatable bonds is 4. The number of carboxylic acid groups (broad SMARTS) is 1. The monoisotopic (exact) mass is 375 g/mol. The van der Waals surface area contributed by atoms with Crippen LogP contribution in [0.5, 0.6) is 0 Å². The molecule has 4 rings (SSSR count). The van der Waals surface area contributed by atoms with Crippen LogP contribution in [0.4, 0.5) is 0 Å². The van der Waals surface area contributed by atoms with Crippen molar-refractivity contribution in [1.29, 1.82) is 0 Å². The minimum absolute atomic E-state index is 0.276. The quantitative estimate of drug-likeness (QED) is 0.709. The number of pyridine rings is 1. The van der Waals surface area contributed by atoms with E-state index in [1.165, 1.54) is 11.0 Å². The van der Waals surface area contributed by atoms with Crippen LogP contribution in [-0.2, 0) is 9.59 Å². The van der Waals surface area contributed by atoms with Crippen LogP contribution >= 0.6 is 0 Å². The van der Waals surface area contributed by atoms with Gasteiger partial charge in [-0.25, -0.2) is 9.31 Å². The van der Waals surface area contributed by atoms with Gasteiger partial charge in [-0.15, -0.1) is 0 Å². The van der Waals surface area contributed by atoms with E-state index in [1.54, 1.807) is 10.6 Å². The Labute approximate surface area is 162 Å². The molecule has 2 aromatic heterocycles. The molecular weight excluding hydrogens is 354 g/mol. The van der Waals surface area contributed by atoms with E-state index >= 15 is 0 Å². The Hall–Kier alpha value is -3.41. The highest BCUT2D eigenvalue weighted by molar-refractivity contribution is 5.97. The van der Waals surface area contributed by atoms with Crippen LogP contribution in [0.1, 0.15) is 24.8 Å². The molecule has 0 aliphatic carbocycles. The maximum absolute atomic E-state index is 12.7. The van der Waals surface area contributed by atoms with Crippen LogP contribution in [-0.4, -0.2) is 44.1 Å². The Morgan fingerprint density at radius 3 is 2.64 bits per heavy atom. The van der Waals surface area contributed by atoms with Gasteiger partial charge in [0.2, 0.25) is 5.91 Å². The predicted octanol–water partition coefficient (Wildman–Crippen LogP) is 3.48. The molecule has 0 spiro atoms. The smallest absolute Gasteiger partial charge is 0.326 e. The summed E-state index contributed by atoms with van der Waals surface area (Å²) in [6.07, 6.45) is 7.25. The van der Waals surface area contributed by atoms with Crippen molar-refractivity contribution in [3.05, 3.63) is 66.4 Å². The number of hydrogen-bond donors (Lipinski definition) is 1. The first kappa shape index (κ1) is 18.0. The number of carbonyl (C=O) groups excluding carboxylic acids is 1. The van der Waals surface area contributed by atoms with E-state index in [9.17, 15) is 14.7 Å². The Morgan fingerprint density at radius 2 is 1.86 bits per heavy atom. The van der Waals surface area contributed by atoms with E-state index in [0.29, 0.717) is 13.0 Å². The Morgan fingerprint density at radius 1 is 1.07 bits per heavy atom. The molecule has 3 aromatic rings. The summed E-state index contributed by atoms with van der Waals surface area (Å²) >= 11 is 0. The lowest BCUT2D eigenvalue weighted by Gasteiger charge is -2.32. The zero-order chi connectivity index (χ0) is 19.5. The summed E-state index contributed by atoms with van der Waals surface area (Å²) in [5, 5.41) is 14.1. The first-order valence-corrected chi connectivity index (χ1v) is 9.39. The Balaban J connectivity index is 1.71. The molecular formula is C22H21N3O3. The van der Waals surface area contributed by atoms with E-state index in [-0.39, 0.29) is 5.91 Å². The average Bonchev–Trinajstić information content (AvgIpc) is 3.11. The molecule has 1 amide bonds. The van der Waals surface area contributed by atoms with Gasteiger partial charge >= 0.3 is 5.97 Å². The molecule has 1 fully saturated rings. The van der Waals surface area contributed by atoms with Crippen LogP contribution < -0.4 is 0 Å². The lowest BCUT2D eigenvalue weighted by atomic mass is 10.0. The van der Waals surface area contributed by atoms with Crippen molar-refractivity contribution in [1.82, 2.24) is 14.5 Å². The number of aromatic nitrogens is 2. The molecule has 1 aliphatic rings. The summed E-state index contributed by atoms with van der Waals surface area (Å²) in [6.45, 7) is 0.473. The molecule has 1 unspecified atom stereocenters. The molecule has 1 atom stereocenters. The van der Waals surface area contributed by atoms with Gasteiger partial charge in [-0.1, -0.05) is 36.4 Å². The minimum atomic E-state index is -0.942. The number of carbonyl (C=O) groups is 2. The number of benzene rings is 1. The fourth-order valence-corrected chi connectivity index (χ4v) is 3.69. The normalized spacial score (nSPS) is 17.3. The molecule has 1 saturated heterocycles. The van der Waals surface area contributed by atoms with Crippen LogP contribution in [0.3, 0.4) is 0 Å². The predicted molar refractivity (Wildman–Crippen MR) is 107 cm³/mol. The topological polar surface area (TPSA) is 74.9 Å². The standard InChI is InChI=1S/C22H21N3O3/c26-20(24-14-6-4-11-19(24)22(27)28)13-12-17-18-10-5-7-15-25(18)23-21(17)16-8-2-1-3-9-16/h1-3,5,7-10,12-13,15,19H,4,6,11,14H2,(H,27,28). The summed E-state index contributed by atoms with van der Waals surface area (Å²) < 4.78 is 1.79. The molecule has 6 heteroatoms. The summed E-state index contributed by atoms with van der Waals surface area (Å²) in [6, 6.07) is 14.8. The van der Waals surface area contributed by atoms with Gasteiger partial charge in [-0.2, -0.15) is 5.10 Å². The molecule has 0 bridgehead atoms. The number of aliphatic carboxylic acids is 1. The number of likely N-dealkylation sites (tertiary alicyclic amines) is 1. The lowest BCUT2D eigenvalue weighted by molar-refractivity contribution is -0.150. The second-order valence-electron chi connectivity index (χ2n) is 6.87. The van der Waals surface area contributed by atoms with E-state index in [0.717, 1.165) is 35.2 Å². The fraction of sp³-hybridized carbons (Fsp3) is 0.227. The van der Waals surface area contributed by atoms with Crippen molar-refractivity contribution in [3.8, 4) is 11.3 Å². The first-order chi connectivity index (χ1) is 13.6. The molecule has 28 heavy (non-hydrogen) atoms. The minimum Gasteiger partial charge on any atom is -0.480 e. The van der Waals surface area contributed by atoms with Gasteiger partial charge < -0.3 is 10.0 Å². The number of hydrogen-bond acceptors (Lipinski definition) is 3. The molecule has 0 saturated carbocycles. The van der Waals surface area contributed by atoms with Crippen LogP contribution in [0, 0.1) is 0 Å². The molecule has 0 radical (unpaired) electrons. The second-order valence-corrected chi connectivity index (χ2v) is 6.87. The lowest BCUT2D eigenvalue weighted by Crippen LogP contribution is -2.47. The van der Waals surface area contributed by atoms with Crippen molar-refractivity contribution >= 4 is 23.5 Å². The summed E-state index contributed by atoms with van der Waals surface area (Å²) in [5.41, 5.74) is 3.46. The zero-order valence-electron chi connectivity index (χ0n) is 15.4. The highest BCUT2D eigenvalue weighted by Gasteiger charge is 2.30. The maximum atomic E-state index is 12.7. The second kappa shape index (κ2) is 7.68. The van der Waals surface area contributed by atoms with E-state index in [2.05, 4.69) is 5.10 Å². The van der Waals surface area contributed by atoms with Crippen molar-refractivity contribution < 1.29 is 14.7 Å². The average molecular weight is 375 g/mol. The van der Waals surface area contributed by atoms with Gasteiger partial charge in [0.1, 0.15) is 11.7 Å². The number of fused-ring (bicyclic) bond motifs is 1. The Bertz CT molecular complexity index is 1040. The Kier molecular flexibility index (Phi) is 4.93. The van der Waals surface area contributed by atoms with Crippen molar-refractivity contribution in [3.63, 3.8) is 0 Å². The molecule has 1 aromatic carbocycles. The molecule has 142 valence electrons. The van der Waals surface area contributed by atoms with Crippen LogP contribution in [0.2, 0.25) is 0 Å². The van der Waals surface area contributed by atoms with E-state index < -0.39 is 12.0 Å². The first-order valence-electron chi connectivity index (χ1n) is 9.39. The largest absolute Gasteiger partial charge is 0.480 e. The van der Waals surface area contributed by atoms with E-state index in [1.807, 2.05) is 54.7 Å². The molecule has 3 heterocycles. The number of nitrogens with zero attached hydrogens (tertiary/aromatic N) is 3. The number of piperidine rings is 1. The van der Waals surface area contributed by atoms with Crippen molar-refractivity contribution in [2.45, 2.75) is 25.3 Å². The van der Waals surface area contributed by atoms with E-state index in [4.69, 9.17) is 0 Å². The number of amides is 1. The molecule has 1 N–H and O–H groups in total. The highest BCUT2D eigenvalue weighted by atomic mass is 16.4. The molecule has 1 aliphatic heterocycles. The van der Waals surface area contributed by atoms with Gasteiger partial charge in [-0.3, -0.25) is 4.79 Å². The fourth-order valence-electron chi connectivity index (χ4n) is 3.69. The van der Waals surface area contributed by atoms with Gasteiger partial charge in [0.25, 0.3) is 0 Å². The van der Waals surface area contributed by atoms with Gasteiger partial charge in [0, 0.05) is 29.9 Å². The summed E-state index contributed by atoms with van der Waals surface area (Å²) in [7, 11) is 0. The summed E-state index contributed by atoms with van der Waals surface area (Å²) in [5.74, 6) is -1.22. The van der Waals surface area contributed by atoms with Gasteiger partial charge in [0.05, 0.1) is 5.52 Å². The third kappa shape index (κ3) is 3.41. The van der Waals surface area contributed by atoms with Crippen LogP contribution in [0.25, 0.3) is 22.9 Å². The van der Waals surface area contributed by atoms with Crippen molar-refractivity contribution in [2.24, 2.45) is 0 Å². The van der Waals surface area contributed by atoms with Gasteiger partial charge in [-0.05, 0) is 37.5 Å². The van der Waals surface area contributed by atoms with Crippen LogP contribution in [0.15, 0.2) is 60.8 Å². The maximum Gasteiger partial charge on any atom is 0.326 e. The SMILES string of the molecule is O=C(O)C1CCCCN1C(=O)C=Cc1c(-c2ccccc2)nn2ccccc12. The third-order valence-electron chi connectivity index (χ3n) is 5.09. The van der Waals surface area contributed by atoms with Crippen molar-refractivity contribution in [2.75, 3.05) is 6.54 Å². The zero-order valence-corrected chi connectivity index (χ0v) is 15.4. The summed E-state index contributed by atoms with van der Waals surface area (Å²) in [4.78, 5) is 25.7. The number of carboxylic acids is 1. The molecule has 6 nitrogen and oxygen atoms in total. The van der Waals surface area contributed by atoms with Gasteiger partial charge in [0.15, 0.2) is 0 Å². The highest BCUT2D eigenvalue weighted by Crippen LogP contribution is 2.27.